The van der Waals surface area contributed by atoms with Gasteiger partial charge in [0, 0.05) is 0 Å². The van der Waals surface area contributed by atoms with Crippen molar-refractivity contribution in [2.75, 3.05) is 0 Å². The molecule has 0 radical (unpaired) electrons. The van der Waals surface area contributed by atoms with Gasteiger partial charge in [-0.15, -0.1) is 0 Å². The second-order valence-electron chi connectivity index (χ2n) is 30.8. The van der Waals surface area contributed by atoms with Gasteiger partial charge < -0.3 is 0 Å². The molecule has 0 saturated heterocycles. The van der Waals surface area contributed by atoms with Crippen molar-refractivity contribution in [1.29, 1.82) is 0 Å². The number of hydrogen-bond acceptors (Lipinski definition) is 0. The highest BCUT2D eigenvalue weighted by Crippen LogP contribution is 2.08. The highest BCUT2D eigenvalue weighted by molar-refractivity contribution is 4.47. The van der Waals surface area contributed by atoms with Crippen LogP contribution in [0.4, 0.5) is 0 Å². The van der Waals surface area contributed by atoms with Gasteiger partial charge in [0.05, 0.1) is 0 Å². The standard InChI is InChI=1S/5C6H14.8C5H12.4C4H10.2C3H8.C2H6/c2*1-4-5-6(2)3;1-4-6(3)5-2;2*1-3-5-6-4-2;1-5(2,3)4;4*1-4-5(2)3;3*1-3-5-4-2;2*1-4(2)3;2*1-3-4-2;2*1-3-2;1-2/h3*6H,4-5H2,1-3H3;2*3-6H2,1-2H3;1-4H3;4*5H,4H2,1-3H3;3*3-5H2,1-2H3;2*4H,1-3H3;2*3-4H2,1-2H3;2*3H2,1-2H3;1-2H3. The zero-order valence-corrected chi connectivity index (χ0v) is 80.0. The second-order valence-corrected chi connectivity index (χ2v) is 30.8. The van der Waals surface area contributed by atoms with Gasteiger partial charge >= 0.3 is 0 Å². The number of rotatable bonds is 24. The molecule has 0 aliphatic rings. The molecule has 0 rings (SSSR count). The molecule has 94 heavy (non-hydrogen) atoms. The summed E-state index contributed by atoms with van der Waals surface area (Å²) >= 11 is 0. The molecular formula is C94H228. The van der Waals surface area contributed by atoms with Crippen LogP contribution in [-0.4, -0.2) is 0 Å². The normalized spacial score (nSPS) is 8.94. The van der Waals surface area contributed by atoms with Crippen LogP contribution in [0.5, 0.6) is 0 Å². The Balaban J connectivity index is -0.0000000342. The maximum atomic E-state index is 2.28. The lowest BCUT2D eigenvalue weighted by Crippen LogP contribution is -1.93. The van der Waals surface area contributed by atoms with Gasteiger partial charge in [0.1, 0.15) is 0 Å². The van der Waals surface area contributed by atoms with Crippen molar-refractivity contribution in [3.63, 3.8) is 0 Å². The van der Waals surface area contributed by atoms with E-state index in [1.807, 2.05) is 13.8 Å². The van der Waals surface area contributed by atoms with E-state index in [2.05, 4.69) is 339 Å². The van der Waals surface area contributed by atoms with E-state index in [1.54, 1.807) is 0 Å². The van der Waals surface area contributed by atoms with Gasteiger partial charge in [-0.2, -0.15) is 0 Å². The summed E-state index contributed by atoms with van der Waals surface area (Å²) in [6, 6.07) is 0. The van der Waals surface area contributed by atoms with Crippen molar-refractivity contribution in [2.45, 2.75) is 565 Å². The fourth-order valence-electron chi connectivity index (χ4n) is 3.50. The molecule has 0 heteroatoms. The lowest BCUT2D eigenvalue weighted by Gasteiger charge is -2.05. The van der Waals surface area contributed by atoms with E-state index in [1.165, 1.54) is 212 Å². The Bertz CT molecular complexity index is 663. The van der Waals surface area contributed by atoms with E-state index in [-0.39, 0.29) is 0 Å². The third kappa shape index (κ3) is 744. The van der Waals surface area contributed by atoms with Crippen LogP contribution in [0.25, 0.3) is 0 Å². The van der Waals surface area contributed by atoms with Crippen LogP contribution in [0.3, 0.4) is 0 Å². The highest BCUT2D eigenvalue weighted by atomic mass is 14.0. The first kappa shape index (κ1) is 148. The summed E-state index contributed by atoms with van der Waals surface area (Å²) < 4.78 is 0. The van der Waals surface area contributed by atoms with E-state index in [4.69, 9.17) is 0 Å². The topological polar surface area (TPSA) is 0 Å². The molecule has 0 aromatic heterocycles. The van der Waals surface area contributed by atoms with Crippen molar-refractivity contribution in [3.8, 4) is 0 Å². The summed E-state index contributed by atoms with van der Waals surface area (Å²) in [4.78, 5) is 0. The minimum absolute atomic E-state index is 0.500. The van der Waals surface area contributed by atoms with Crippen LogP contribution in [0.15, 0.2) is 0 Å². The quantitative estimate of drug-likeness (QED) is 0.0845. The molecule has 0 atom stereocenters. The molecule has 0 aromatic carbocycles. The molecule has 0 spiro atoms. The molecular weight excluding hydrogens is 1130 g/mol. The first-order chi connectivity index (χ1) is 43.6. The monoisotopic (exact) mass is 1360 g/mol. The van der Waals surface area contributed by atoms with Crippen LogP contribution in [0, 0.1) is 58.7 Å². The van der Waals surface area contributed by atoms with Gasteiger partial charge in [-0.05, 0) is 58.7 Å². The van der Waals surface area contributed by atoms with Crippen LogP contribution >= 0.6 is 0 Å². The summed E-state index contributed by atoms with van der Waals surface area (Å²) in [5.74, 6) is 7.94. The third-order valence-corrected chi connectivity index (χ3v) is 11.4. The Morgan fingerprint density at radius 2 is 0.287 bits per heavy atom. The molecule has 0 heterocycles. The van der Waals surface area contributed by atoms with Crippen LogP contribution in [-0.2, 0) is 0 Å². The van der Waals surface area contributed by atoms with Gasteiger partial charge in [-0.3, -0.25) is 0 Å². The summed E-state index contributed by atoms with van der Waals surface area (Å²) in [5, 5.41) is 0. The van der Waals surface area contributed by atoms with E-state index >= 15 is 0 Å². The molecule has 0 aromatic rings. The molecule has 0 nitrogen and oxygen atoms in total. The zero-order valence-electron chi connectivity index (χ0n) is 80.0. The van der Waals surface area contributed by atoms with E-state index in [9.17, 15) is 0 Å². The molecule has 604 valence electrons. The predicted octanol–water partition coefficient (Wildman–Crippen LogP) is 40.1. The first-order valence-corrected chi connectivity index (χ1v) is 43.6. The molecule has 0 amide bonds. The lowest BCUT2D eigenvalue weighted by molar-refractivity contribution is 0.469. The molecule has 0 bridgehead atoms. The average molecular weight is 1360 g/mol. The number of unbranched alkanes of at least 4 members (excludes halogenated alkanes) is 14. The Hall–Kier alpha value is 0. The van der Waals surface area contributed by atoms with Crippen molar-refractivity contribution in [2.24, 2.45) is 58.7 Å². The zero-order chi connectivity index (χ0) is 80.0. The molecule has 0 unspecified atom stereocenters. The Kier molecular flexibility index (Phi) is 285. The Morgan fingerprint density at radius 3 is 0.298 bits per heavy atom. The number of hydrogen-bond donors (Lipinski definition) is 0. The van der Waals surface area contributed by atoms with Gasteiger partial charge in [0.2, 0.25) is 0 Å². The summed E-state index contributed by atoms with van der Waals surface area (Å²) in [6.45, 7) is 112. The molecule has 0 saturated carbocycles. The fourth-order valence-corrected chi connectivity index (χ4v) is 3.50. The second kappa shape index (κ2) is 181. The summed E-state index contributed by atoms with van der Waals surface area (Å²) in [6.07, 6.45) is 44.4. The molecule has 0 fully saturated rings. The smallest absolute Gasteiger partial charge is 0.0411 e. The van der Waals surface area contributed by atoms with Crippen molar-refractivity contribution >= 4 is 0 Å². The van der Waals surface area contributed by atoms with Crippen LogP contribution in [0.2, 0.25) is 0 Å². The average Bonchev–Trinajstić information content (AvgIpc) is 3.52. The predicted molar refractivity (Wildman–Crippen MR) is 476 cm³/mol. The van der Waals surface area contributed by atoms with E-state index in [0.717, 1.165) is 53.3 Å². The minimum Gasteiger partial charge on any atom is -0.0683 e. The van der Waals surface area contributed by atoms with Crippen LogP contribution in [0.1, 0.15) is 565 Å². The first-order valence-electron chi connectivity index (χ1n) is 43.6. The van der Waals surface area contributed by atoms with Gasteiger partial charge in [-0.1, -0.05) is 565 Å². The Labute approximate surface area is 620 Å². The fraction of sp³-hybridized carbons (Fsp3) is 1.00. The maximum Gasteiger partial charge on any atom is -0.0411 e. The lowest BCUT2D eigenvalue weighted by atomic mass is 10.0. The summed E-state index contributed by atoms with van der Waals surface area (Å²) in [7, 11) is 0. The highest BCUT2D eigenvalue weighted by Gasteiger charge is 1.95. The largest absolute Gasteiger partial charge is 0.0683 e. The van der Waals surface area contributed by atoms with Gasteiger partial charge in [0.15, 0.2) is 0 Å². The Morgan fingerprint density at radius 1 is 0.181 bits per heavy atom. The third-order valence-electron chi connectivity index (χ3n) is 11.4. The van der Waals surface area contributed by atoms with E-state index in [0.29, 0.717) is 5.41 Å². The van der Waals surface area contributed by atoms with Gasteiger partial charge in [-0.25, -0.2) is 0 Å². The molecule has 0 N–H and O–H groups in total. The van der Waals surface area contributed by atoms with Crippen molar-refractivity contribution in [1.82, 2.24) is 0 Å². The molecule has 0 aliphatic carbocycles. The maximum absolute atomic E-state index is 2.28. The van der Waals surface area contributed by atoms with E-state index < -0.39 is 0 Å². The van der Waals surface area contributed by atoms with Crippen molar-refractivity contribution < 1.29 is 0 Å². The minimum atomic E-state index is 0.500. The summed E-state index contributed by atoms with van der Waals surface area (Å²) in [5.41, 5.74) is 0.500. The SMILES string of the molecule is CC.CC(C)(C)C.CC(C)C.CC(C)C.CCC.CCC.CCC(C)C.CCC(C)C.CCC(C)C.CCC(C)C.CCC(C)CC.CCCC.CCCC.CCCC(C)C.CCCC(C)C.CCCCC.CCCCC.CCCCC.CCCCCC.CCCCCC. The van der Waals surface area contributed by atoms with Crippen molar-refractivity contribution in [3.05, 3.63) is 0 Å². The van der Waals surface area contributed by atoms with Crippen LogP contribution < -0.4 is 0 Å². The van der Waals surface area contributed by atoms with Gasteiger partial charge in [0.25, 0.3) is 0 Å². The molecule has 0 aliphatic heterocycles.